The summed E-state index contributed by atoms with van der Waals surface area (Å²) in [7, 11) is 1.31. The van der Waals surface area contributed by atoms with Crippen LogP contribution in [0, 0.1) is 0 Å². The standard InChI is InChI=1S/C17H30O13/c1-5-13(29-15-11(23)8(20)6(18)3-26-15)10(22)12(24)16(28-5)30-14-9(21)7(19)4-27-17(14)25-2/h5-24H,3-4H2,1-2H3/t5-,6+,7-,8-,9-,10-,11+,12+,13-,14+,15-,16-,17-/m0/s1. The minimum absolute atomic E-state index is 0.174. The zero-order valence-electron chi connectivity index (χ0n) is 16.5. The molecule has 0 aromatic heterocycles. The zero-order chi connectivity index (χ0) is 22.2. The first-order chi connectivity index (χ1) is 14.1. The number of hydrogen-bond acceptors (Lipinski definition) is 13. The summed E-state index contributed by atoms with van der Waals surface area (Å²) in [6, 6.07) is 0. The molecule has 0 aromatic carbocycles. The van der Waals surface area contributed by atoms with Gasteiger partial charge in [0.1, 0.15) is 54.9 Å². The van der Waals surface area contributed by atoms with Crippen molar-refractivity contribution in [2.45, 2.75) is 86.8 Å². The van der Waals surface area contributed by atoms with Gasteiger partial charge in [-0.05, 0) is 6.92 Å². The second-order valence-electron chi connectivity index (χ2n) is 7.64. The molecule has 3 aliphatic rings. The summed E-state index contributed by atoms with van der Waals surface area (Å²) in [6.45, 7) is 1.04. The molecule has 3 saturated heterocycles. The lowest BCUT2D eigenvalue weighted by molar-refractivity contribution is -0.369. The highest BCUT2D eigenvalue weighted by Gasteiger charge is 2.50. The van der Waals surface area contributed by atoms with Gasteiger partial charge in [-0.1, -0.05) is 0 Å². The van der Waals surface area contributed by atoms with Crippen LogP contribution in [0.5, 0.6) is 0 Å². The maximum atomic E-state index is 10.5. The molecule has 176 valence electrons. The Morgan fingerprint density at radius 2 is 1.17 bits per heavy atom. The van der Waals surface area contributed by atoms with E-state index in [-0.39, 0.29) is 13.2 Å². The molecular formula is C17H30O13. The fourth-order valence-corrected chi connectivity index (χ4v) is 3.63. The first kappa shape index (κ1) is 24.1. The monoisotopic (exact) mass is 442 g/mol. The van der Waals surface area contributed by atoms with E-state index in [0.717, 1.165) is 0 Å². The number of aliphatic hydroxyl groups excluding tert-OH is 7. The van der Waals surface area contributed by atoms with Crippen LogP contribution in [-0.4, -0.2) is 136 Å². The zero-order valence-corrected chi connectivity index (χ0v) is 16.5. The predicted molar refractivity (Wildman–Crippen MR) is 92.6 cm³/mol. The summed E-state index contributed by atoms with van der Waals surface area (Å²) in [5.74, 6) is 0. The molecule has 0 unspecified atom stereocenters. The Bertz CT molecular complexity index is 550. The molecule has 0 aromatic rings. The van der Waals surface area contributed by atoms with E-state index in [1.54, 1.807) is 0 Å². The molecule has 0 spiro atoms. The minimum atomic E-state index is -1.65. The largest absolute Gasteiger partial charge is 0.388 e. The van der Waals surface area contributed by atoms with E-state index in [9.17, 15) is 35.7 Å². The summed E-state index contributed by atoms with van der Waals surface area (Å²) in [5.41, 5.74) is 0. The fourth-order valence-electron chi connectivity index (χ4n) is 3.63. The molecule has 0 aliphatic carbocycles. The van der Waals surface area contributed by atoms with Crippen molar-refractivity contribution >= 4 is 0 Å². The van der Waals surface area contributed by atoms with Gasteiger partial charge in [0.15, 0.2) is 18.9 Å². The van der Waals surface area contributed by atoms with E-state index >= 15 is 0 Å². The van der Waals surface area contributed by atoms with Crippen LogP contribution in [0.4, 0.5) is 0 Å². The van der Waals surface area contributed by atoms with Crippen LogP contribution in [0.1, 0.15) is 6.92 Å². The van der Waals surface area contributed by atoms with Crippen LogP contribution in [0.25, 0.3) is 0 Å². The van der Waals surface area contributed by atoms with Gasteiger partial charge in [0, 0.05) is 7.11 Å². The van der Waals surface area contributed by atoms with Crippen LogP contribution in [0.15, 0.2) is 0 Å². The third-order valence-corrected chi connectivity index (χ3v) is 5.48. The Balaban J connectivity index is 1.64. The second-order valence-corrected chi connectivity index (χ2v) is 7.64. The van der Waals surface area contributed by atoms with Crippen molar-refractivity contribution in [3.05, 3.63) is 0 Å². The number of ether oxygens (including phenoxy) is 6. The molecule has 13 nitrogen and oxygen atoms in total. The average Bonchev–Trinajstić information content (AvgIpc) is 2.72. The molecule has 7 N–H and O–H groups in total. The van der Waals surface area contributed by atoms with Crippen molar-refractivity contribution in [1.29, 1.82) is 0 Å². The molecule has 13 heteroatoms. The van der Waals surface area contributed by atoms with Crippen LogP contribution in [-0.2, 0) is 28.4 Å². The normalized spacial score (nSPS) is 52.9. The molecule has 0 amide bonds. The van der Waals surface area contributed by atoms with E-state index in [0.29, 0.717) is 0 Å². The van der Waals surface area contributed by atoms with Crippen LogP contribution in [0.3, 0.4) is 0 Å². The smallest absolute Gasteiger partial charge is 0.187 e. The molecule has 3 fully saturated rings. The third-order valence-electron chi connectivity index (χ3n) is 5.48. The number of methoxy groups -OCH3 is 1. The van der Waals surface area contributed by atoms with Gasteiger partial charge in [0.25, 0.3) is 0 Å². The van der Waals surface area contributed by atoms with E-state index in [1.165, 1.54) is 14.0 Å². The fraction of sp³-hybridized carbons (Fsp3) is 1.00. The summed E-state index contributed by atoms with van der Waals surface area (Å²) in [6.07, 6.45) is -17.4. The molecule has 3 heterocycles. The van der Waals surface area contributed by atoms with Crippen molar-refractivity contribution in [2.24, 2.45) is 0 Å². The molecule has 3 rings (SSSR count). The van der Waals surface area contributed by atoms with Gasteiger partial charge in [0.2, 0.25) is 0 Å². The summed E-state index contributed by atoms with van der Waals surface area (Å²) in [4.78, 5) is 0. The van der Waals surface area contributed by atoms with Crippen molar-refractivity contribution in [2.75, 3.05) is 20.3 Å². The number of hydrogen-bond donors (Lipinski definition) is 7. The summed E-state index contributed by atoms with van der Waals surface area (Å²) in [5, 5.41) is 70.2. The van der Waals surface area contributed by atoms with Crippen LogP contribution < -0.4 is 0 Å². The Morgan fingerprint density at radius 1 is 0.633 bits per heavy atom. The lowest BCUT2D eigenvalue weighted by Crippen LogP contribution is -2.64. The molecule has 3 aliphatic heterocycles. The first-order valence-corrected chi connectivity index (χ1v) is 9.64. The minimum Gasteiger partial charge on any atom is -0.388 e. The van der Waals surface area contributed by atoms with Gasteiger partial charge < -0.3 is 64.2 Å². The highest BCUT2D eigenvalue weighted by Crippen LogP contribution is 2.30. The van der Waals surface area contributed by atoms with E-state index in [2.05, 4.69) is 0 Å². The number of aliphatic hydroxyl groups is 7. The second kappa shape index (κ2) is 9.95. The highest BCUT2D eigenvalue weighted by atomic mass is 16.8. The molecule has 0 saturated carbocycles. The van der Waals surface area contributed by atoms with Crippen molar-refractivity contribution in [3.63, 3.8) is 0 Å². The van der Waals surface area contributed by atoms with Crippen LogP contribution >= 0.6 is 0 Å². The van der Waals surface area contributed by atoms with E-state index < -0.39 is 79.9 Å². The van der Waals surface area contributed by atoms with Crippen molar-refractivity contribution in [3.8, 4) is 0 Å². The Hall–Kier alpha value is -0.520. The molecule has 0 bridgehead atoms. The maximum Gasteiger partial charge on any atom is 0.187 e. The quantitative estimate of drug-likeness (QED) is 0.215. The predicted octanol–water partition coefficient (Wildman–Crippen LogP) is -4.61. The first-order valence-electron chi connectivity index (χ1n) is 9.64. The third kappa shape index (κ3) is 4.78. The Labute approximate surface area is 172 Å². The maximum absolute atomic E-state index is 10.5. The van der Waals surface area contributed by atoms with Gasteiger partial charge in [-0.25, -0.2) is 0 Å². The van der Waals surface area contributed by atoms with Gasteiger partial charge in [-0.2, -0.15) is 0 Å². The topological polar surface area (TPSA) is 197 Å². The van der Waals surface area contributed by atoms with Crippen LogP contribution in [0.2, 0.25) is 0 Å². The molecular weight excluding hydrogens is 412 g/mol. The van der Waals surface area contributed by atoms with E-state index in [4.69, 9.17) is 28.4 Å². The van der Waals surface area contributed by atoms with Gasteiger partial charge in [-0.3, -0.25) is 0 Å². The average molecular weight is 442 g/mol. The molecule has 0 radical (unpaired) electrons. The summed E-state index contributed by atoms with van der Waals surface area (Å²) >= 11 is 0. The molecule has 13 atom stereocenters. The van der Waals surface area contributed by atoms with Crippen molar-refractivity contribution in [1.82, 2.24) is 0 Å². The Kier molecular flexibility index (Phi) is 8.01. The molecule has 30 heavy (non-hydrogen) atoms. The van der Waals surface area contributed by atoms with Gasteiger partial charge in [0.05, 0.1) is 19.3 Å². The highest BCUT2D eigenvalue weighted by molar-refractivity contribution is 4.93. The Morgan fingerprint density at radius 3 is 1.80 bits per heavy atom. The van der Waals surface area contributed by atoms with Gasteiger partial charge >= 0.3 is 0 Å². The lowest BCUT2D eigenvalue weighted by atomic mass is 9.98. The number of rotatable bonds is 5. The van der Waals surface area contributed by atoms with Gasteiger partial charge in [-0.15, -0.1) is 0 Å². The lowest BCUT2D eigenvalue weighted by Gasteiger charge is -2.46. The summed E-state index contributed by atoms with van der Waals surface area (Å²) < 4.78 is 32.1. The van der Waals surface area contributed by atoms with Crippen molar-refractivity contribution < 1.29 is 64.2 Å². The van der Waals surface area contributed by atoms with E-state index in [1.807, 2.05) is 0 Å². The SMILES string of the molecule is CO[C@H]1OC[C@H](O)[C@H](O)[C@H]1O[C@@H]1O[C@@H](C)[C@H](O[C@@H]2OC[C@@H](O)[C@H](O)[C@H]2O)[C@@H](O)[C@H]1O.